The van der Waals surface area contributed by atoms with Crippen molar-refractivity contribution in [1.29, 1.82) is 0 Å². The molecular weight excluding hydrogens is 258 g/mol. The Hall–Kier alpha value is -0.120. The Morgan fingerprint density at radius 3 is 2.19 bits per heavy atom. The molecule has 0 amide bonds. The van der Waals surface area contributed by atoms with Crippen LogP contribution < -0.4 is 5.32 Å². The van der Waals surface area contributed by atoms with Gasteiger partial charge in [-0.05, 0) is 40.0 Å². The van der Waals surface area contributed by atoms with Crippen LogP contribution in [0.1, 0.15) is 66.2 Å². The summed E-state index contributed by atoms with van der Waals surface area (Å²) in [5.41, 5.74) is 0.234. The van der Waals surface area contributed by atoms with Gasteiger partial charge in [-0.3, -0.25) is 9.80 Å². The summed E-state index contributed by atoms with van der Waals surface area (Å²) in [6, 6.07) is 1.63. The molecule has 0 aromatic carbocycles. The lowest BCUT2D eigenvalue weighted by Gasteiger charge is -2.42. The zero-order valence-electron chi connectivity index (χ0n) is 14.8. The molecule has 1 aliphatic carbocycles. The first-order valence-electron chi connectivity index (χ1n) is 9.22. The molecule has 0 aromatic heterocycles. The number of nitrogens with one attached hydrogen (secondary N) is 1. The average molecular weight is 296 g/mol. The van der Waals surface area contributed by atoms with E-state index < -0.39 is 0 Å². The van der Waals surface area contributed by atoms with Crippen LogP contribution in [-0.2, 0) is 0 Å². The Morgan fingerprint density at radius 2 is 1.67 bits per heavy atom. The van der Waals surface area contributed by atoms with Crippen LogP contribution in [0.2, 0.25) is 0 Å². The van der Waals surface area contributed by atoms with Crippen LogP contribution in [0.3, 0.4) is 0 Å². The molecular formula is C18H37N3. The second-order valence-corrected chi connectivity index (χ2v) is 8.08. The van der Waals surface area contributed by atoms with Gasteiger partial charge in [-0.15, -0.1) is 0 Å². The van der Waals surface area contributed by atoms with Crippen molar-refractivity contribution in [1.82, 2.24) is 15.1 Å². The molecule has 0 spiro atoms. The zero-order chi connectivity index (χ0) is 15.3. The molecule has 2 aliphatic rings. The van der Waals surface area contributed by atoms with Gasteiger partial charge in [-0.1, -0.05) is 26.2 Å². The first-order valence-corrected chi connectivity index (χ1v) is 9.22. The normalized spacial score (nSPS) is 24.6. The molecule has 3 heteroatoms. The van der Waals surface area contributed by atoms with E-state index in [1.54, 1.807) is 0 Å². The minimum Gasteiger partial charge on any atom is -0.311 e. The van der Waals surface area contributed by atoms with E-state index in [1.807, 2.05) is 0 Å². The monoisotopic (exact) mass is 295 g/mol. The summed E-state index contributed by atoms with van der Waals surface area (Å²) in [5, 5.41) is 3.72. The van der Waals surface area contributed by atoms with Gasteiger partial charge in [-0.2, -0.15) is 0 Å². The standard InChI is InChI=1S/C18H37N3/c1-5-8-17(15-19-18(2,3)4)21-13-11-20(12-14-21)16-9-6-7-10-16/h16-17,19H,5-15H2,1-4H3. The molecule has 0 radical (unpaired) electrons. The first-order chi connectivity index (χ1) is 9.99. The van der Waals surface area contributed by atoms with Crippen molar-refractivity contribution >= 4 is 0 Å². The lowest BCUT2D eigenvalue weighted by molar-refractivity contribution is 0.0649. The predicted molar refractivity (Wildman–Crippen MR) is 91.9 cm³/mol. The van der Waals surface area contributed by atoms with Crippen molar-refractivity contribution in [2.45, 2.75) is 83.8 Å². The molecule has 2 rings (SSSR count). The molecule has 3 nitrogen and oxygen atoms in total. The minimum atomic E-state index is 0.234. The lowest BCUT2D eigenvalue weighted by atomic mass is 10.0. The molecule has 1 heterocycles. The summed E-state index contributed by atoms with van der Waals surface area (Å²) in [6.45, 7) is 15.4. The van der Waals surface area contributed by atoms with Gasteiger partial charge in [0.15, 0.2) is 0 Å². The molecule has 1 atom stereocenters. The second kappa shape index (κ2) is 7.94. The highest BCUT2D eigenvalue weighted by Gasteiger charge is 2.29. The molecule has 0 bridgehead atoms. The highest BCUT2D eigenvalue weighted by molar-refractivity contribution is 4.86. The van der Waals surface area contributed by atoms with Crippen molar-refractivity contribution in [3.8, 4) is 0 Å². The fourth-order valence-corrected chi connectivity index (χ4v) is 3.91. The van der Waals surface area contributed by atoms with Gasteiger partial charge in [0.2, 0.25) is 0 Å². The molecule has 1 saturated heterocycles. The van der Waals surface area contributed by atoms with E-state index in [9.17, 15) is 0 Å². The molecule has 0 aromatic rings. The van der Waals surface area contributed by atoms with Gasteiger partial charge in [0.25, 0.3) is 0 Å². The maximum atomic E-state index is 3.72. The number of hydrogen-bond acceptors (Lipinski definition) is 3. The summed E-state index contributed by atoms with van der Waals surface area (Å²) in [4.78, 5) is 5.51. The van der Waals surface area contributed by atoms with Crippen LogP contribution in [0, 0.1) is 0 Å². The third-order valence-corrected chi connectivity index (χ3v) is 5.20. The zero-order valence-corrected chi connectivity index (χ0v) is 14.8. The van der Waals surface area contributed by atoms with Crippen LogP contribution in [-0.4, -0.2) is 60.1 Å². The Labute approximate surface area is 132 Å². The highest BCUT2D eigenvalue weighted by Crippen LogP contribution is 2.25. The quantitative estimate of drug-likeness (QED) is 0.812. The van der Waals surface area contributed by atoms with Crippen molar-refractivity contribution < 1.29 is 0 Å². The maximum absolute atomic E-state index is 3.72. The second-order valence-electron chi connectivity index (χ2n) is 8.08. The molecule has 124 valence electrons. The highest BCUT2D eigenvalue weighted by atomic mass is 15.3. The largest absolute Gasteiger partial charge is 0.311 e. The predicted octanol–water partition coefficient (Wildman–Crippen LogP) is 3.10. The summed E-state index contributed by atoms with van der Waals surface area (Å²) in [7, 11) is 0. The van der Waals surface area contributed by atoms with Gasteiger partial charge >= 0.3 is 0 Å². The molecule has 2 fully saturated rings. The van der Waals surface area contributed by atoms with Gasteiger partial charge in [0.1, 0.15) is 0 Å². The molecule has 1 saturated carbocycles. The topological polar surface area (TPSA) is 18.5 Å². The Kier molecular flexibility index (Phi) is 6.51. The molecule has 21 heavy (non-hydrogen) atoms. The van der Waals surface area contributed by atoms with E-state index in [4.69, 9.17) is 0 Å². The Morgan fingerprint density at radius 1 is 1.05 bits per heavy atom. The third kappa shape index (κ3) is 5.54. The van der Waals surface area contributed by atoms with Crippen LogP contribution in [0.5, 0.6) is 0 Å². The molecule has 1 N–H and O–H groups in total. The number of rotatable bonds is 6. The van der Waals surface area contributed by atoms with E-state index >= 15 is 0 Å². The van der Waals surface area contributed by atoms with Gasteiger partial charge in [-0.25, -0.2) is 0 Å². The van der Waals surface area contributed by atoms with Crippen LogP contribution in [0.25, 0.3) is 0 Å². The third-order valence-electron chi connectivity index (χ3n) is 5.20. The van der Waals surface area contributed by atoms with E-state index in [0.29, 0.717) is 0 Å². The Balaban J connectivity index is 1.79. The number of piperazine rings is 1. The summed E-state index contributed by atoms with van der Waals surface area (Å²) in [6.07, 6.45) is 8.43. The van der Waals surface area contributed by atoms with Crippen molar-refractivity contribution in [3.05, 3.63) is 0 Å². The molecule has 1 unspecified atom stereocenters. The van der Waals surface area contributed by atoms with E-state index in [-0.39, 0.29) is 5.54 Å². The van der Waals surface area contributed by atoms with Crippen LogP contribution in [0.15, 0.2) is 0 Å². The van der Waals surface area contributed by atoms with Crippen LogP contribution in [0.4, 0.5) is 0 Å². The summed E-state index contributed by atoms with van der Waals surface area (Å²) < 4.78 is 0. The first kappa shape index (κ1) is 17.2. The SMILES string of the molecule is CCCC(CNC(C)(C)C)N1CCN(C2CCCC2)CC1. The van der Waals surface area contributed by atoms with Crippen molar-refractivity contribution in [2.75, 3.05) is 32.7 Å². The molecule has 1 aliphatic heterocycles. The van der Waals surface area contributed by atoms with E-state index in [1.165, 1.54) is 64.7 Å². The van der Waals surface area contributed by atoms with Crippen LogP contribution >= 0.6 is 0 Å². The fourth-order valence-electron chi connectivity index (χ4n) is 3.91. The number of nitrogens with zero attached hydrogens (tertiary/aromatic N) is 2. The lowest BCUT2D eigenvalue weighted by Crippen LogP contribution is -2.55. The summed E-state index contributed by atoms with van der Waals surface area (Å²) in [5.74, 6) is 0. The van der Waals surface area contributed by atoms with Crippen molar-refractivity contribution in [3.63, 3.8) is 0 Å². The van der Waals surface area contributed by atoms with E-state index in [0.717, 1.165) is 18.6 Å². The van der Waals surface area contributed by atoms with Crippen molar-refractivity contribution in [2.24, 2.45) is 0 Å². The van der Waals surface area contributed by atoms with Gasteiger partial charge < -0.3 is 5.32 Å². The smallest absolute Gasteiger partial charge is 0.0221 e. The number of hydrogen-bond donors (Lipinski definition) is 1. The maximum Gasteiger partial charge on any atom is 0.0221 e. The Bertz CT molecular complexity index is 283. The van der Waals surface area contributed by atoms with Gasteiger partial charge in [0.05, 0.1) is 0 Å². The fraction of sp³-hybridized carbons (Fsp3) is 1.00. The van der Waals surface area contributed by atoms with E-state index in [2.05, 4.69) is 42.8 Å². The average Bonchev–Trinajstić information content (AvgIpc) is 2.97. The van der Waals surface area contributed by atoms with Gasteiger partial charge in [0, 0.05) is 50.3 Å². The minimum absolute atomic E-state index is 0.234. The summed E-state index contributed by atoms with van der Waals surface area (Å²) >= 11 is 0.